The number of aromatic nitrogens is 2. The van der Waals surface area contributed by atoms with Crippen molar-refractivity contribution in [3.05, 3.63) is 11.3 Å². The molecule has 0 unspecified atom stereocenters. The van der Waals surface area contributed by atoms with Gasteiger partial charge >= 0.3 is 0 Å². The van der Waals surface area contributed by atoms with Gasteiger partial charge in [-0.3, -0.25) is 0 Å². The van der Waals surface area contributed by atoms with Crippen molar-refractivity contribution < 1.29 is 9.47 Å². The first-order valence-electron chi connectivity index (χ1n) is 6.96. The smallest absolute Gasteiger partial charge is 0.226 e. The summed E-state index contributed by atoms with van der Waals surface area (Å²) in [5.74, 6) is 1.75. The molecular weight excluding hydrogens is 280 g/mol. The molecule has 0 aromatic carbocycles. The zero-order chi connectivity index (χ0) is 13.9. The van der Waals surface area contributed by atoms with Crippen LogP contribution in [0.5, 0.6) is 0 Å². The molecule has 2 saturated heterocycles. The normalized spacial score (nSPS) is 24.0. The molecule has 1 aromatic rings. The molecule has 0 bridgehead atoms. The minimum absolute atomic E-state index is 0.294. The molecule has 0 saturated carbocycles. The van der Waals surface area contributed by atoms with Crippen molar-refractivity contribution in [3.8, 4) is 0 Å². The number of morpholine rings is 2. The predicted octanol–water partition coefficient (Wildman–Crippen LogP) is 1.19. The number of rotatable bonds is 2. The summed E-state index contributed by atoms with van der Waals surface area (Å²) in [4.78, 5) is 13.1. The molecule has 20 heavy (non-hydrogen) atoms. The lowest BCUT2D eigenvalue weighted by Gasteiger charge is -2.35. The van der Waals surface area contributed by atoms with Gasteiger partial charge in [0.2, 0.25) is 5.28 Å². The highest BCUT2D eigenvalue weighted by molar-refractivity contribution is 6.28. The molecule has 2 fully saturated rings. The first-order chi connectivity index (χ1) is 9.74. The van der Waals surface area contributed by atoms with E-state index in [1.165, 1.54) is 0 Å². The van der Waals surface area contributed by atoms with Crippen LogP contribution in [0.2, 0.25) is 5.28 Å². The van der Waals surface area contributed by atoms with E-state index in [1.54, 1.807) is 0 Å². The third-order valence-corrected chi connectivity index (χ3v) is 3.84. The van der Waals surface area contributed by atoms with Gasteiger partial charge in [-0.1, -0.05) is 0 Å². The molecule has 1 atom stereocenters. The molecule has 6 nitrogen and oxygen atoms in total. The summed E-state index contributed by atoms with van der Waals surface area (Å²) in [5, 5.41) is 0.294. The molecule has 0 aliphatic carbocycles. The van der Waals surface area contributed by atoms with Crippen molar-refractivity contribution >= 4 is 23.2 Å². The summed E-state index contributed by atoms with van der Waals surface area (Å²) in [6.07, 6.45) is 0. The Morgan fingerprint density at radius 3 is 2.55 bits per heavy atom. The maximum Gasteiger partial charge on any atom is 0.226 e. The number of hydrogen-bond acceptors (Lipinski definition) is 6. The lowest BCUT2D eigenvalue weighted by Crippen LogP contribution is -2.44. The largest absolute Gasteiger partial charge is 0.378 e. The van der Waals surface area contributed by atoms with Crippen LogP contribution in [-0.2, 0) is 9.47 Å². The molecule has 1 aromatic heterocycles. The average Bonchev–Trinajstić information content (AvgIpc) is 2.48. The molecule has 3 rings (SSSR count). The topological polar surface area (TPSA) is 50.7 Å². The van der Waals surface area contributed by atoms with Gasteiger partial charge in [-0.25, -0.2) is 9.97 Å². The number of anilines is 2. The van der Waals surface area contributed by atoms with E-state index in [2.05, 4.69) is 26.7 Å². The Morgan fingerprint density at radius 1 is 1.10 bits per heavy atom. The Morgan fingerprint density at radius 2 is 1.80 bits per heavy atom. The fourth-order valence-corrected chi connectivity index (χ4v) is 2.74. The van der Waals surface area contributed by atoms with Crippen molar-refractivity contribution in [2.24, 2.45) is 0 Å². The maximum atomic E-state index is 6.10. The predicted molar refractivity (Wildman–Crippen MR) is 77.7 cm³/mol. The average molecular weight is 299 g/mol. The van der Waals surface area contributed by atoms with Crippen molar-refractivity contribution in [2.75, 3.05) is 55.9 Å². The van der Waals surface area contributed by atoms with Crippen LogP contribution in [0.15, 0.2) is 6.07 Å². The van der Waals surface area contributed by atoms with Crippen LogP contribution in [0.4, 0.5) is 11.6 Å². The van der Waals surface area contributed by atoms with Gasteiger partial charge in [0.05, 0.1) is 32.5 Å². The van der Waals surface area contributed by atoms with Crippen LogP contribution in [0.1, 0.15) is 6.92 Å². The van der Waals surface area contributed by atoms with E-state index in [4.69, 9.17) is 21.1 Å². The zero-order valence-electron chi connectivity index (χ0n) is 11.6. The van der Waals surface area contributed by atoms with E-state index in [0.717, 1.165) is 51.1 Å². The molecule has 0 amide bonds. The minimum Gasteiger partial charge on any atom is -0.378 e. The van der Waals surface area contributed by atoms with Crippen LogP contribution < -0.4 is 9.80 Å². The quantitative estimate of drug-likeness (QED) is 0.765. The van der Waals surface area contributed by atoms with Gasteiger partial charge in [0.15, 0.2) is 0 Å². The second kappa shape index (κ2) is 6.11. The SMILES string of the molecule is C[C@H]1COCCN1c1cc(N2CCOCC2)nc(Cl)n1. The van der Waals surface area contributed by atoms with Crippen molar-refractivity contribution in [2.45, 2.75) is 13.0 Å². The summed E-state index contributed by atoms with van der Waals surface area (Å²) in [6.45, 7) is 7.53. The van der Waals surface area contributed by atoms with Crippen LogP contribution in [0, 0.1) is 0 Å². The van der Waals surface area contributed by atoms with Gasteiger partial charge in [-0.2, -0.15) is 0 Å². The summed E-state index contributed by atoms with van der Waals surface area (Å²) < 4.78 is 10.8. The Balaban J connectivity index is 1.85. The maximum absolute atomic E-state index is 6.10. The Hall–Kier alpha value is -1.11. The number of halogens is 1. The second-order valence-electron chi connectivity index (χ2n) is 5.07. The van der Waals surface area contributed by atoms with Gasteiger partial charge in [0.1, 0.15) is 11.6 Å². The molecule has 2 aliphatic rings. The highest BCUT2D eigenvalue weighted by Gasteiger charge is 2.22. The van der Waals surface area contributed by atoms with Crippen LogP contribution in [-0.4, -0.2) is 62.1 Å². The molecule has 0 N–H and O–H groups in total. The molecular formula is C13H19ClN4O2. The van der Waals surface area contributed by atoms with E-state index in [0.29, 0.717) is 17.9 Å². The molecule has 7 heteroatoms. The molecule has 0 radical (unpaired) electrons. The first-order valence-corrected chi connectivity index (χ1v) is 7.33. The number of hydrogen-bond donors (Lipinski definition) is 0. The highest BCUT2D eigenvalue weighted by atomic mass is 35.5. The highest BCUT2D eigenvalue weighted by Crippen LogP contribution is 2.24. The molecule has 3 heterocycles. The van der Waals surface area contributed by atoms with Crippen molar-refractivity contribution in [1.82, 2.24) is 9.97 Å². The second-order valence-corrected chi connectivity index (χ2v) is 5.41. The van der Waals surface area contributed by atoms with Gasteiger partial charge in [-0.15, -0.1) is 0 Å². The standard InChI is InChI=1S/C13H19ClN4O2/c1-10-9-20-7-4-18(10)12-8-11(15-13(14)16-12)17-2-5-19-6-3-17/h8,10H,2-7,9H2,1H3/t10-/m0/s1. The molecule has 0 spiro atoms. The van der Waals surface area contributed by atoms with Gasteiger partial charge in [-0.05, 0) is 18.5 Å². The van der Waals surface area contributed by atoms with E-state index < -0.39 is 0 Å². The Bertz CT molecular complexity index is 468. The van der Waals surface area contributed by atoms with E-state index in [9.17, 15) is 0 Å². The molecule has 110 valence electrons. The van der Waals surface area contributed by atoms with Gasteiger partial charge in [0, 0.05) is 25.7 Å². The van der Waals surface area contributed by atoms with Gasteiger partial charge < -0.3 is 19.3 Å². The lowest BCUT2D eigenvalue weighted by atomic mass is 10.2. The Labute approximate surface area is 123 Å². The summed E-state index contributed by atoms with van der Waals surface area (Å²) in [6, 6.07) is 2.31. The fraction of sp³-hybridized carbons (Fsp3) is 0.692. The van der Waals surface area contributed by atoms with Gasteiger partial charge in [0.25, 0.3) is 0 Å². The monoisotopic (exact) mass is 298 g/mol. The summed E-state index contributed by atoms with van der Waals surface area (Å²) >= 11 is 6.10. The van der Waals surface area contributed by atoms with Crippen LogP contribution in [0.25, 0.3) is 0 Å². The van der Waals surface area contributed by atoms with E-state index in [-0.39, 0.29) is 0 Å². The lowest BCUT2D eigenvalue weighted by molar-refractivity contribution is 0.0985. The molecule has 2 aliphatic heterocycles. The Kier molecular flexibility index (Phi) is 4.24. The number of nitrogens with zero attached hydrogens (tertiary/aromatic N) is 4. The first kappa shape index (κ1) is 13.9. The summed E-state index contributed by atoms with van der Waals surface area (Å²) in [5.41, 5.74) is 0. The zero-order valence-corrected chi connectivity index (χ0v) is 12.3. The van der Waals surface area contributed by atoms with E-state index >= 15 is 0 Å². The summed E-state index contributed by atoms with van der Waals surface area (Å²) in [7, 11) is 0. The third-order valence-electron chi connectivity index (χ3n) is 3.67. The minimum atomic E-state index is 0.294. The number of ether oxygens (including phenoxy) is 2. The third kappa shape index (κ3) is 2.97. The van der Waals surface area contributed by atoms with E-state index in [1.807, 2.05) is 6.07 Å². The van der Waals surface area contributed by atoms with Crippen molar-refractivity contribution in [3.63, 3.8) is 0 Å². The van der Waals surface area contributed by atoms with Crippen LogP contribution >= 0.6 is 11.6 Å². The van der Waals surface area contributed by atoms with Crippen molar-refractivity contribution in [1.29, 1.82) is 0 Å². The fourth-order valence-electron chi connectivity index (χ4n) is 2.56. The van der Waals surface area contributed by atoms with Crippen LogP contribution in [0.3, 0.4) is 0 Å².